The van der Waals surface area contributed by atoms with E-state index >= 15 is 0 Å². The zero-order valence-electron chi connectivity index (χ0n) is 39.9. The molecule has 2 rings (SSSR count). The normalized spacial score (nSPS) is 13.8. The largest absolute Gasteiger partial charge is 0.423 e. The van der Waals surface area contributed by atoms with Gasteiger partial charge in [-0.1, -0.05) is 47.5 Å². The number of carbonyl (C=O) groups excluding carboxylic acids is 8. The summed E-state index contributed by atoms with van der Waals surface area (Å²) in [5.74, 6) is -6.42. The average Bonchev–Trinajstić information content (AvgIpc) is 3.25. The molecule has 378 valence electrons. The van der Waals surface area contributed by atoms with Crippen LogP contribution in [0, 0.1) is 11.8 Å². The minimum atomic E-state index is -1.58. The van der Waals surface area contributed by atoms with Crippen LogP contribution in [0.1, 0.15) is 105 Å². The third-order valence-electron chi connectivity index (χ3n) is 10.6. The molecule has 23 heteroatoms. The van der Waals surface area contributed by atoms with E-state index in [1.54, 1.807) is 39.8 Å². The highest BCUT2D eigenvalue weighted by molar-refractivity contribution is 6.01. The van der Waals surface area contributed by atoms with Gasteiger partial charge in [0.25, 0.3) is 0 Å². The van der Waals surface area contributed by atoms with Crippen LogP contribution in [0.2, 0.25) is 0 Å². The molecule has 2 aromatic rings. The number of unbranched alkanes of at least 4 members (excludes halogenated alkanes) is 2. The highest BCUT2D eigenvalue weighted by Gasteiger charge is 2.34. The zero-order valence-corrected chi connectivity index (χ0v) is 39.9. The van der Waals surface area contributed by atoms with Gasteiger partial charge in [0.2, 0.25) is 47.3 Å². The Kier molecular flexibility index (Phi) is 24.7. The summed E-state index contributed by atoms with van der Waals surface area (Å²) in [6, 6.07) is -1.67. The van der Waals surface area contributed by atoms with Gasteiger partial charge in [-0.25, -0.2) is 4.79 Å². The number of amides is 8. The summed E-state index contributed by atoms with van der Waals surface area (Å²) >= 11 is 0. The first-order valence-electron chi connectivity index (χ1n) is 22.9. The van der Waals surface area contributed by atoms with Crippen LogP contribution >= 0.6 is 0 Å². The number of nitrogens with two attached hydrogens (primary N) is 4. The van der Waals surface area contributed by atoms with Gasteiger partial charge < -0.3 is 69.7 Å². The number of aliphatic imine (C=N–C) groups is 1. The summed E-state index contributed by atoms with van der Waals surface area (Å²) in [5, 5.41) is 29.2. The number of aliphatic hydroxyl groups is 1. The van der Waals surface area contributed by atoms with Gasteiger partial charge in [-0.05, 0) is 81.0 Å². The van der Waals surface area contributed by atoms with Crippen LogP contribution in [0.4, 0.5) is 5.69 Å². The Morgan fingerprint density at radius 1 is 0.691 bits per heavy atom. The van der Waals surface area contributed by atoms with Crippen molar-refractivity contribution in [3.63, 3.8) is 0 Å². The van der Waals surface area contributed by atoms with Crippen LogP contribution in [-0.2, 0) is 44.8 Å². The van der Waals surface area contributed by atoms with Gasteiger partial charge in [0.15, 0.2) is 5.96 Å². The first kappa shape index (κ1) is 57.5. The number of fused-ring (bicyclic) bond motifs is 1. The van der Waals surface area contributed by atoms with Gasteiger partial charge in [-0.2, -0.15) is 0 Å². The minimum absolute atomic E-state index is 0.0824. The fraction of sp³-hybridized carbons (Fsp3) is 0.600. The van der Waals surface area contributed by atoms with E-state index in [9.17, 15) is 48.3 Å². The Morgan fingerprint density at radius 3 is 1.82 bits per heavy atom. The summed E-state index contributed by atoms with van der Waals surface area (Å²) in [6.45, 7) is 9.70. The molecule has 1 heterocycles. The molecule has 8 amide bonds. The Balaban J connectivity index is 2.27. The lowest BCUT2D eigenvalue weighted by Crippen LogP contribution is -2.61. The SMILES string of the molecule is CCCC[C@H](NC(=O)[C@@H](NC(=O)[C@H](CC(C)C)NC(=O)[C@H](CO)NC(=O)[C@H](CCCCN)NC(=O)[C@H](CCCN=C(N)N)NC(C)=O)C(C)C)C(=O)Nc1ccc2c(CC(N)=O)cc(=O)oc2c1. The zero-order chi connectivity index (χ0) is 51.1. The predicted molar refractivity (Wildman–Crippen MR) is 255 cm³/mol. The maximum absolute atomic E-state index is 14.0. The highest BCUT2D eigenvalue weighted by Crippen LogP contribution is 2.22. The van der Waals surface area contributed by atoms with E-state index in [1.807, 2.05) is 6.92 Å². The molecule has 0 fully saturated rings. The number of aliphatic hydroxyl groups excluding tert-OH is 1. The predicted octanol–water partition coefficient (Wildman–Crippen LogP) is -1.24. The van der Waals surface area contributed by atoms with Crippen LogP contribution in [0.25, 0.3) is 11.0 Å². The maximum atomic E-state index is 14.0. The molecule has 16 N–H and O–H groups in total. The number of carbonyl (C=O) groups is 8. The number of guanidine groups is 1. The van der Waals surface area contributed by atoms with Crippen molar-refractivity contribution in [3.8, 4) is 0 Å². The molecule has 0 radical (unpaired) electrons. The molecule has 0 aliphatic carbocycles. The number of hydrogen-bond donors (Lipinski definition) is 12. The molecule has 1 aromatic carbocycles. The average molecular weight is 957 g/mol. The monoisotopic (exact) mass is 957 g/mol. The summed E-state index contributed by atoms with van der Waals surface area (Å²) in [7, 11) is 0. The molecule has 68 heavy (non-hydrogen) atoms. The lowest BCUT2D eigenvalue weighted by molar-refractivity contribution is -0.136. The Hall–Kier alpha value is -6.62. The first-order chi connectivity index (χ1) is 32.1. The summed E-state index contributed by atoms with van der Waals surface area (Å²) in [5.41, 5.74) is 21.7. The van der Waals surface area contributed by atoms with E-state index in [0.29, 0.717) is 49.6 Å². The second-order valence-corrected chi connectivity index (χ2v) is 17.3. The molecule has 0 aliphatic rings. The lowest BCUT2D eigenvalue weighted by atomic mass is 9.99. The number of rotatable bonds is 30. The van der Waals surface area contributed by atoms with Crippen molar-refractivity contribution in [2.45, 2.75) is 142 Å². The maximum Gasteiger partial charge on any atom is 0.336 e. The molecule has 0 unspecified atom stereocenters. The quantitative estimate of drug-likeness (QED) is 0.0189. The van der Waals surface area contributed by atoms with Crippen molar-refractivity contribution in [3.05, 3.63) is 40.2 Å². The molecule has 0 saturated carbocycles. The van der Waals surface area contributed by atoms with E-state index in [0.717, 1.165) is 0 Å². The molecule has 23 nitrogen and oxygen atoms in total. The Labute approximate surface area is 395 Å². The molecular weight excluding hydrogens is 885 g/mol. The smallest absolute Gasteiger partial charge is 0.336 e. The van der Waals surface area contributed by atoms with Gasteiger partial charge in [0.05, 0.1) is 13.0 Å². The summed E-state index contributed by atoms with van der Waals surface area (Å²) in [6.07, 6.45) is 2.79. The lowest BCUT2D eigenvalue weighted by Gasteiger charge is -2.29. The Morgan fingerprint density at radius 2 is 1.25 bits per heavy atom. The van der Waals surface area contributed by atoms with Crippen molar-refractivity contribution in [1.29, 1.82) is 0 Å². The molecular formula is C45H72N12O11. The number of nitrogens with one attached hydrogen (secondary N) is 7. The molecule has 0 saturated heterocycles. The van der Waals surface area contributed by atoms with Gasteiger partial charge in [0.1, 0.15) is 41.8 Å². The number of hydrogen-bond acceptors (Lipinski definition) is 13. The van der Waals surface area contributed by atoms with Crippen molar-refractivity contribution in [2.75, 3.05) is 25.0 Å². The second-order valence-electron chi connectivity index (χ2n) is 17.3. The van der Waals surface area contributed by atoms with Crippen molar-refractivity contribution in [2.24, 2.45) is 39.8 Å². The summed E-state index contributed by atoms with van der Waals surface area (Å²) < 4.78 is 5.30. The van der Waals surface area contributed by atoms with Gasteiger partial charge in [0, 0.05) is 36.7 Å². The third-order valence-corrected chi connectivity index (χ3v) is 10.6. The fourth-order valence-corrected chi connectivity index (χ4v) is 7.09. The second kappa shape index (κ2) is 29.2. The van der Waals surface area contributed by atoms with Crippen LogP contribution in [0.5, 0.6) is 0 Å². The van der Waals surface area contributed by atoms with Crippen molar-refractivity contribution in [1.82, 2.24) is 31.9 Å². The van der Waals surface area contributed by atoms with E-state index in [4.69, 9.17) is 27.4 Å². The molecule has 6 atom stereocenters. The van der Waals surface area contributed by atoms with E-state index in [1.165, 1.54) is 19.1 Å². The van der Waals surface area contributed by atoms with Gasteiger partial charge in [-0.15, -0.1) is 0 Å². The van der Waals surface area contributed by atoms with Crippen molar-refractivity contribution >= 4 is 69.9 Å². The minimum Gasteiger partial charge on any atom is -0.423 e. The molecule has 0 bridgehead atoms. The van der Waals surface area contributed by atoms with Gasteiger partial charge >= 0.3 is 5.63 Å². The van der Waals surface area contributed by atoms with E-state index in [2.05, 4.69) is 42.2 Å². The molecule has 0 spiro atoms. The summed E-state index contributed by atoms with van der Waals surface area (Å²) in [4.78, 5) is 122. The van der Waals surface area contributed by atoms with E-state index in [-0.39, 0.29) is 61.8 Å². The number of benzene rings is 1. The number of primary amides is 1. The van der Waals surface area contributed by atoms with Crippen LogP contribution in [0.3, 0.4) is 0 Å². The third kappa shape index (κ3) is 20.1. The van der Waals surface area contributed by atoms with Crippen LogP contribution in [0.15, 0.2) is 38.5 Å². The Bertz CT molecular complexity index is 2140. The van der Waals surface area contributed by atoms with Crippen LogP contribution in [-0.4, -0.2) is 114 Å². The topological polar surface area (TPSA) is 388 Å². The number of anilines is 1. The highest BCUT2D eigenvalue weighted by atomic mass is 16.4. The number of nitrogens with zero attached hydrogens (tertiary/aromatic N) is 1. The van der Waals surface area contributed by atoms with E-state index < -0.39 is 102 Å². The molecule has 0 aliphatic heterocycles. The standard InChI is InChI=1S/C45H72N12O11/c1-7-8-12-31(39(62)52-28-15-16-29-27(20-36(47)60)21-37(61)68-35(29)22-28)54-44(67)38(25(4)5)57-42(65)33(19-24(2)3)55-43(66)34(23-58)56-41(64)32(13-9-10-17-46)53-40(63)30(51-26(6)59)14-11-18-50-45(48)49/h15-16,21-22,24-25,30-34,38,58H,7-14,17-20,23,46H2,1-6H3,(H2,47,60)(H,51,59)(H,52,62)(H,53,63)(H,54,67)(H,55,66)(H,56,64)(H,57,65)(H4,48,49,50)/t30-,31-,32-,33-,34-,38-/m0/s1. The van der Waals surface area contributed by atoms with Crippen molar-refractivity contribution < 1.29 is 47.9 Å². The van der Waals surface area contributed by atoms with Crippen LogP contribution < -0.4 is 65.8 Å². The first-order valence-corrected chi connectivity index (χ1v) is 22.9. The molecule has 1 aromatic heterocycles. The van der Waals surface area contributed by atoms with Gasteiger partial charge in [-0.3, -0.25) is 43.3 Å². The fourth-order valence-electron chi connectivity index (χ4n) is 7.09.